The number of nitrogens with one attached hydrogen (secondary N) is 1. The lowest BCUT2D eigenvalue weighted by atomic mass is 9.98. The summed E-state index contributed by atoms with van der Waals surface area (Å²) in [5.41, 5.74) is 3.25. The Morgan fingerprint density at radius 2 is 2.00 bits per heavy atom. The van der Waals surface area contributed by atoms with E-state index >= 15 is 0 Å². The molecule has 1 aliphatic heterocycles. The normalized spacial score (nSPS) is 14.4. The molecule has 1 aromatic carbocycles. The van der Waals surface area contributed by atoms with Crippen LogP contribution in [0.5, 0.6) is 0 Å². The van der Waals surface area contributed by atoms with Crippen LogP contribution in [-0.4, -0.2) is 23.4 Å². The zero-order valence-corrected chi connectivity index (χ0v) is 11.7. The van der Waals surface area contributed by atoms with Crippen LogP contribution in [0.3, 0.4) is 0 Å². The van der Waals surface area contributed by atoms with E-state index in [4.69, 9.17) is 0 Å². The number of fused-ring (bicyclic) bond motifs is 1. The van der Waals surface area contributed by atoms with Crippen LogP contribution < -0.4 is 5.32 Å². The Bertz CT molecular complexity index is 466. The number of benzene rings is 1. The van der Waals surface area contributed by atoms with Crippen molar-refractivity contribution >= 4 is 5.91 Å². The van der Waals surface area contributed by atoms with Crippen molar-refractivity contribution in [3.05, 3.63) is 34.9 Å². The van der Waals surface area contributed by atoms with Gasteiger partial charge < -0.3 is 10.2 Å². The fourth-order valence-corrected chi connectivity index (χ4v) is 2.13. The van der Waals surface area contributed by atoms with Gasteiger partial charge in [0, 0.05) is 31.2 Å². The van der Waals surface area contributed by atoms with Crippen molar-refractivity contribution in [2.75, 3.05) is 7.05 Å². The van der Waals surface area contributed by atoms with Crippen LogP contribution in [0.1, 0.15) is 48.7 Å². The predicted molar refractivity (Wildman–Crippen MR) is 73.4 cm³/mol. The van der Waals surface area contributed by atoms with Gasteiger partial charge in [-0.3, -0.25) is 4.79 Å². The molecule has 1 amide bonds. The highest BCUT2D eigenvalue weighted by Crippen LogP contribution is 2.22. The van der Waals surface area contributed by atoms with Gasteiger partial charge in [-0.2, -0.15) is 0 Å². The highest BCUT2D eigenvalue weighted by molar-refractivity contribution is 5.94. The molecule has 1 N–H and O–H groups in total. The van der Waals surface area contributed by atoms with Crippen LogP contribution in [-0.2, 0) is 13.1 Å². The van der Waals surface area contributed by atoms with Crippen LogP contribution in [0.25, 0.3) is 0 Å². The molecule has 18 heavy (non-hydrogen) atoms. The van der Waals surface area contributed by atoms with Crippen molar-refractivity contribution in [3.8, 4) is 0 Å². The first-order valence-electron chi connectivity index (χ1n) is 6.56. The monoisotopic (exact) mass is 246 g/mol. The number of hydrogen-bond acceptors (Lipinski definition) is 2. The van der Waals surface area contributed by atoms with Gasteiger partial charge in [0.25, 0.3) is 5.91 Å². The molecular weight excluding hydrogens is 224 g/mol. The lowest BCUT2D eigenvalue weighted by Crippen LogP contribution is -2.44. The van der Waals surface area contributed by atoms with Crippen molar-refractivity contribution in [1.82, 2.24) is 10.2 Å². The Morgan fingerprint density at radius 3 is 2.67 bits per heavy atom. The lowest BCUT2D eigenvalue weighted by molar-refractivity contribution is 0.0620. The van der Waals surface area contributed by atoms with Gasteiger partial charge in [0.15, 0.2) is 0 Å². The van der Waals surface area contributed by atoms with Gasteiger partial charge in [0.05, 0.1) is 0 Å². The molecule has 0 bridgehead atoms. The molecule has 98 valence electrons. The quantitative estimate of drug-likeness (QED) is 0.889. The summed E-state index contributed by atoms with van der Waals surface area (Å²) in [6, 6.07) is 6.03. The summed E-state index contributed by atoms with van der Waals surface area (Å²) in [5, 5.41) is 3.30. The second kappa shape index (κ2) is 4.73. The predicted octanol–water partition coefficient (Wildman–Crippen LogP) is 2.55. The zero-order chi connectivity index (χ0) is 13.3. The molecule has 0 atom stereocenters. The van der Waals surface area contributed by atoms with E-state index in [2.05, 4.69) is 32.2 Å². The average molecular weight is 246 g/mol. The summed E-state index contributed by atoms with van der Waals surface area (Å²) in [7, 11) is 1.89. The number of carbonyl (C=O) groups excluding carboxylic acids is 1. The van der Waals surface area contributed by atoms with Crippen molar-refractivity contribution < 1.29 is 4.79 Å². The van der Waals surface area contributed by atoms with E-state index in [1.165, 1.54) is 11.1 Å². The second-order valence-electron chi connectivity index (χ2n) is 5.62. The van der Waals surface area contributed by atoms with Crippen LogP contribution in [0.15, 0.2) is 18.2 Å². The van der Waals surface area contributed by atoms with Crippen molar-refractivity contribution in [1.29, 1.82) is 0 Å². The largest absolute Gasteiger partial charge is 0.337 e. The molecule has 0 unspecified atom stereocenters. The minimum atomic E-state index is -0.103. The molecule has 0 saturated carbocycles. The third-order valence-electron chi connectivity index (χ3n) is 4.16. The minimum Gasteiger partial charge on any atom is -0.337 e. The number of rotatable bonds is 3. The van der Waals surface area contributed by atoms with E-state index in [-0.39, 0.29) is 11.4 Å². The Labute approximate surface area is 109 Å². The van der Waals surface area contributed by atoms with Crippen LogP contribution >= 0.6 is 0 Å². The first-order chi connectivity index (χ1) is 8.45. The Balaban J connectivity index is 2.24. The third-order valence-corrected chi connectivity index (χ3v) is 4.16. The molecule has 0 saturated heterocycles. The molecule has 0 fully saturated rings. The standard InChI is InChI=1S/C15H22N2O/c1-5-15(2,3)17(4)14(18)11-6-7-12-9-16-10-13(12)8-11/h6-8,16H,5,9-10H2,1-4H3. The van der Waals surface area contributed by atoms with Gasteiger partial charge in [0.2, 0.25) is 0 Å². The minimum absolute atomic E-state index is 0.103. The van der Waals surface area contributed by atoms with Gasteiger partial charge in [-0.25, -0.2) is 0 Å². The van der Waals surface area contributed by atoms with Crippen molar-refractivity contribution in [3.63, 3.8) is 0 Å². The van der Waals surface area contributed by atoms with Gasteiger partial charge in [-0.1, -0.05) is 13.0 Å². The smallest absolute Gasteiger partial charge is 0.254 e. The zero-order valence-electron chi connectivity index (χ0n) is 11.7. The highest BCUT2D eigenvalue weighted by Gasteiger charge is 2.27. The first kappa shape index (κ1) is 13.1. The van der Waals surface area contributed by atoms with Crippen molar-refractivity contribution in [2.24, 2.45) is 0 Å². The second-order valence-corrected chi connectivity index (χ2v) is 5.62. The molecule has 3 nitrogen and oxygen atoms in total. The number of hydrogen-bond donors (Lipinski definition) is 1. The Hall–Kier alpha value is -1.35. The maximum Gasteiger partial charge on any atom is 0.254 e. The molecule has 1 heterocycles. The molecule has 2 rings (SSSR count). The molecular formula is C15H22N2O. The SMILES string of the molecule is CCC(C)(C)N(C)C(=O)c1ccc2c(c1)CNC2. The fourth-order valence-electron chi connectivity index (χ4n) is 2.13. The summed E-state index contributed by atoms with van der Waals surface area (Å²) in [4.78, 5) is 14.3. The molecule has 1 aliphatic rings. The van der Waals surface area contributed by atoms with E-state index < -0.39 is 0 Å². The van der Waals surface area contributed by atoms with E-state index in [9.17, 15) is 4.79 Å². The molecule has 0 spiro atoms. The number of nitrogens with zero attached hydrogens (tertiary/aromatic N) is 1. The summed E-state index contributed by atoms with van der Waals surface area (Å²) < 4.78 is 0. The van der Waals surface area contributed by atoms with E-state index in [0.717, 1.165) is 25.1 Å². The van der Waals surface area contributed by atoms with Crippen LogP contribution in [0.4, 0.5) is 0 Å². The summed E-state index contributed by atoms with van der Waals surface area (Å²) >= 11 is 0. The van der Waals surface area contributed by atoms with Gasteiger partial charge in [0.1, 0.15) is 0 Å². The van der Waals surface area contributed by atoms with E-state index in [1.54, 1.807) is 0 Å². The van der Waals surface area contributed by atoms with E-state index in [0.29, 0.717) is 0 Å². The van der Waals surface area contributed by atoms with Gasteiger partial charge in [-0.15, -0.1) is 0 Å². The van der Waals surface area contributed by atoms with Crippen molar-refractivity contribution in [2.45, 2.75) is 45.8 Å². The summed E-state index contributed by atoms with van der Waals surface area (Å²) in [6.07, 6.45) is 0.946. The summed E-state index contributed by atoms with van der Waals surface area (Å²) in [5.74, 6) is 0.108. The topological polar surface area (TPSA) is 32.3 Å². The van der Waals surface area contributed by atoms with Gasteiger partial charge in [-0.05, 0) is 43.5 Å². The maximum absolute atomic E-state index is 12.5. The van der Waals surface area contributed by atoms with Crippen LogP contribution in [0.2, 0.25) is 0 Å². The van der Waals surface area contributed by atoms with E-state index in [1.807, 2.05) is 24.1 Å². The Morgan fingerprint density at radius 1 is 1.33 bits per heavy atom. The summed E-state index contributed by atoms with van der Waals surface area (Å²) in [6.45, 7) is 8.09. The molecule has 0 aliphatic carbocycles. The highest BCUT2D eigenvalue weighted by atomic mass is 16.2. The molecule has 0 aromatic heterocycles. The Kier molecular flexibility index (Phi) is 3.44. The average Bonchev–Trinajstić information content (AvgIpc) is 2.84. The maximum atomic E-state index is 12.5. The lowest BCUT2D eigenvalue weighted by Gasteiger charge is -2.35. The number of carbonyl (C=O) groups is 1. The first-order valence-corrected chi connectivity index (χ1v) is 6.56. The number of amides is 1. The van der Waals surface area contributed by atoms with Crippen LogP contribution in [0, 0.1) is 0 Å². The molecule has 0 radical (unpaired) electrons. The fraction of sp³-hybridized carbons (Fsp3) is 0.533. The third kappa shape index (κ3) is 2.27. The molecule has 3 heteroatoms. The van der Waals surface area contributed by atoms with Gasteiger partial charge >= 0.3 is 0 Å². The molecule has 1 aromatic rings.